The van der Waals surface area contributed by atoms with Gasteiger partial charge in [-0.1, -0.05) is 60.8 Å². The third-order valence-electron chi connectivity index (χ3n) is 3.86. The van der Waals surface area contributed by atoms with Gasteiger partial charge < -0.3 is 10.7 Å². The summed E-state index contributed by atoms with van der Waals surface area (Å²) < 4.78 is 1.48. The number of benzene rings is 1. The van der Waals surface area contributed by atoms with Gasteiger partial charge in [-0.25, -0.2) is 4.68 Å². The van der Waals surface area contributed by atoms with Crippen molar-refractivity contribution < 1.29 is 4.79 Å². The predicted octanol–water partition coefficient (Wildman–Crippen LogP) is 3.20. The van der Waals surface area contributed by atoms with Crippen LogP contribution in [-0.2, 0) is 4.79 Å². The average molecular weight is 380 g/mol. The van der Waals surface area contributed by atoms with Gasteiger partial charge in [0.15, 0.2) is 0 Å². The zero-order valence-corrected chi connectivity index (χ0v) is 16.5. The van der Waals surface area contributed by atoms with E-state index in [4.69, 9.17) is 5.84 Å². The lowest BCUT2D eigenvalue weighted by atomic mass is 10.1. The molecule has 1 aromatic carbocycles. The highest BCUT2D eigenvalue weighted by Gasteiger charge is 2.18. The van der Waals surface area contributed by atoms with Crippen LogP contribution in [0.2, 0.25) is 0 Å². The Labute approximate surface area is 157 Å². The predicted molar refractivity (Wildman–Crippen MR) is 104 cm³/mol. The molecule has 0 bridgehead atoms. The second-order valence-corrected chi connectivity index (χ2v) is 7.53. The summed E-state index contributed by atoms with van der Waals surface area (Å²) in [6.45, 7) is 7.50. The first-order valence-corrected chi connectivity index (χ1v) is 10.3. The van der Waals surface area contributed by atoms with Crippen LogP contribution in [0.1, 0.15) is 38.0 Å². The number of hydrogen-bond donors (Lipinski definition) is 1. The highest BCUT2D eigenvalue weighted by Crippen LogP contribution is 2.36. The van der Waals surface area contributed by atoms with Gasteiger partial charge in [-0.05, 0) is 25.8 Å². The molecule has 0 saturated heterocycles. The highest BCUT2D eigenvalue weighted by atomic mass is 32.2. The second-order valence-electron chi connectivity index (χ2n) is 5.42. The molecule has 0 aliphatic heterocycles. The van der Waals surface area contributed by atoms with Gasteiger partial charge in [0.25, 0.3) is 0 Å². The van der Waals surface area contributed by atoms with Gasteiger partial charge in [-0.2, -0.15) is 0 Å². The number of aromatic nitrogens is 3. The van der Waals surface area contributed by atoms with Crippen molar-refractivity contribution >= 4 is 29.4 Å². The Bertz CT molecular complexity index is 673. The fourth-order valence-electron chi connectivity index (χ4n) is 2.42. The van der Waals surface area contributed by atoms with E-state index < -0.39 is 0 Å². The lowest BCUT2D eigenvalue weighted by molar-refractivity contribution is -0.127. The minimum absolute atomic E-state index is 0.0860. The molecule has 2 N–H and O–H groups in total. The van der Waals surface area contributed by atoms with E-state index in [1.165, 1.54) is 22.0 Å². The van der Waals surface area contributed by atoms with Crippen LogP contribution in [-0.4, -0.2) is 44.5 Å². The molecule has 1 amide bonds. The van der Waals surface area contributed by atoms with Crippen molar-refractivity contribution in [3.8, 4) is 0 Å². The Hall–Kier alpha value is -1.67. The number of carbonyl (C=O) groups excluding carboxylic acids is 1. The molecule has 2 aromatic rings. The van der Waals surface area contributed by atoms with Crippen LogP contribution in [0.4, 0.5) is 0 Å². The van der Waals surface area contributed by atoms with Crippen LogP contribution in [0.15, 0.2) is 40.6 Å². The smallest absolute Gasteiger partial charge is 0.233 e. The van der Waals surface area contributed by atoms with Crippen molar-refractivity contribution in [3.63, 3.8) is 0 Å². The van der Waals surface area contributed by atoms with Crippen molar-refractivity contribution in [3.05, 3.63) is 35.9 Å². The number of hydrogen-bond acceptors (Lipinski definition) is 6. The van der Waals surface area contributed by atoms with E-state index in [9.17, 15) is 4.79 Å². The van der Waals surface area contributed by atoms with Gasteiger partial charge in [0.2, 0.25) is 16.2 Å². The van der Waals surface area contributed by atoms with E-state index in [1.807, 2.05) is 32.0 Å². The number of carbonyl (C=O) groups is 1. The van der Waals surface area contributed by atoms with Gasteiger partial charge in [0.05, 0.1) is 5.75 Å². The van der Waals surface area contributed by atoms with Crippen LogP contribution in [0.5, 0.6) is 0 Å². The molecule has 0 fully saturated rings. The van der Waals surface area contributed by atoms with Gasteiger partial charge in [-0.3, -0.25) is 4.79 Å². The topological polar surface area (TPSA) is 77.0 Å². The standard InChI is InChI=1S/C17H25N5OS2/c1-4-14(13-10-8-7-9-11-13)25-17-20-19-16(22(17)18)24-12-15(23)21(5-2)6-3/h7-11,14H,4-6,12,18H2,1-3H3. The third kappa shape index (κ3) is 5.15. The second kappa shape index (κ2) is 9.72. The molecule has 136 valence electrons. The van der Waals surface area contributed by atoms with Crippen molar-refractivity contribution in [2.75, 3.05) is 24.7 Å². The van der Waals surface area contributed by atoms with Crippen LogP contribution >= 0.6 is 23.5 Å². The first-order valence-electron chi connectivity index (χ1n) is 8.43. The van der Waals surface area contributed by atoms with Crippen LogP contribution in [0.25, 0.3) is 0 Å². The zero-order valence-electron chi connectivity index (χ0n) is 14.9. The lowest BCUT2D eigenvalue weighted by Crippen LogP contribution is -2.32. The van der Waals surface area contributed by atoms with Crippen molar-refractivity contribution in [2.24, 2.45) is 0 Å². The molecule has 25 heavy (non-hydrogen) atoms. The first kappa shape index (κ1) is 19.7. The Morgan fingerprint density at radius 3 is 2.40 bits per heavy atom. The number of nitrogens with two attached hydrogens (primary N) is 1. The molecule has 1 aromatic heterocycles. The van der Waals surface area contributed by atoms with E-state index in [1.54, 1.807) is 16.7 Å². The molecule has 2 rings (SSSR count). The fraction of sp³-hybridized carbons (Fsp3) is 0.471. The summed E-state index contributed by atoms with van der Waals surface area (Å²) in [5, 5.41) is 9.82. The fourth-order valence-corrected chi connectivity index (χ4v) is 4.24. The van der Waals surface area contributed by atoms with E-state index in [2.05, 4.69) is 29.3 Å². The number of nitrogen functional groups attached to an aromatic ring is 1. The van der Waals surface area contributed by atoms with E-state index in [-0.39, 0.29) is 11.2 Å². The van der Waals surface area contributed by atoms with Crippen LogP contribution in [0, 0.1) is 0 Å². The Morgan fingerprint density at radius 2 is 1.80 bits per heavy atom. The van der Waals surface area contributed by atoms with Crippen molar-refractivity contribution in [2.45, 2.75) is 42.8 Å². The maximum absolute atomic E-state index is 12.1. The molecule has 6 nitrogen and oxygen atoms in total. The molecule has 0 aliphatic rings. The third-order valence-corrected chi connectivity index (χ3v) is 6.17. The summed E-state index contributed by atoms with van der Waals surface area (Å²) in [5.74, 6) is 6.54. The maximum atomic E-state index is 12.1. The molecule has 1 atom stereocenters. The van der Waals surface area contributed by atoms with E-state index in [0.717, 1.165) is 6.42 Å². The first-order chi connectivity index (χ1) is 12.1. The molecule has 1 heterocycles. The Balaban J connectivity index is 2.01. The summed E-state index contributed by atoms with van der Waals surface area (Å²) in [5.41, 5.74) is 1.24. The molecule has 8 heteroatoms. The molecular weight excluding hydrogens is 354 g/mol. The highest BCUT2D eigenvalue weighted by molar-refractivity contribution is 8.00. The monoisotopic (exact) mass is 379 g/mol. The average Bonchev–Trinajstić information content (AvgIpc) is 2.99. The number of thioether (sulfide) groups is 2. The molecular formula is C17H25N5OS2. The minimum Gasteiger partial charge on any atom is -0.343 e. The van der Waals surface area contributed by atoms with Crippen molar-refractivity contribution in [1.29, 1.82) is 0 Å². The summed E-state index contributed by atoms with van der Waals surface area (Å²) in [6.07, 6.45) is 0.963. The summed E-state index contributed by atoms with van der Waals surface area (Å²) in [7, 11) is 0. The zero-order chi connectivity index (χ0) is 18.2. The maximum Gasteiger partial charge on any atom is 0.233 e. The molecule has 0 radical (unpaired) electrons. The van der Waals surface area contributed by atoms with Gasteiger partial charge in [-0.15, -0.1) is 10.2 Å². The quantitative estimate of drug-likeness (QED) is 0.532. The summed E-state index contributed by atoms with van der Waals surface area (Å²) >= 11 is 2.92. The minimum atomic E-state index is 0.0860. The lowest BCUT2D eigenvalue weighted by Gasteiger charge is -2.17. The Kier molecular flexibility index (Phi) is 7.64. The van der Waals surface area contributed by atoms with Crippen LogP contribution < -0.4 is 5.84 Å². The van der Waals surface area contributed by atoms with Gasteiger partial charge in [0, 0.05) is 18.3 Å². The largest absolute Gasteiger partial charge is 0.343 e. The van der Waals surface area contributed by atoms with Crippen molar-refractivity contribution in [1.82, 2.24) is 19.8 Å². The van der Waals surface area contributed by atoms with Crippen LogP contribution in [0.3, 0.4) is 0 Å². The van der Waals surface area contributed by atoms with Gasteiger partial charge >= 0.3 is 0 Å². The molecule has 0 aliphatic carbocycles. The number of amides is 1. The normalized spacial score (nSPS) is 12.1. The van der Waals surface area contributed by atoms with Gasteiger partial charge in [0.1, 0.15) is 0 Å². The molecule has 1 unspecified atom stereocenters. The SMILES string of the molecule is CCC(Sc1nnc(SCC(=O)N(CC)CC)n1N)c1ccccc1. The Morgan fingerprint density at radius 1 is 1.16 bits per heavy atom. The summed E-state index contributed by atoms with van der Waals surface area (Å²) in [4.78, 5) is 13.9. The van der Waals surface area contributed by atoms with E-state index >= 15 is 0 Å². The van der Waals surface area contributed by atoms with E-state index in [0.29, 0.717) is 29.2 Å². The molecule has 0 spiro atoms. The number of nitrogens with zero attached hydrogens (tertiary/aromatic N) is 4. The number of rotatable bonds is 9. The summed E-state index contributed by atoms with van der Waals surface area (Å²) in [6, 6.07) is 10.3. The molecule has 0 saturated carbocycles.